The predicted molar refractivity (Wildman–Crippen MR) is 72.0 cm³/mol. The van der Waals surface area contributed by atoms with Gasteiger partial charge < -0.3 is 15.1 Å². The maximum atomic E-state index is 11.9. The highest BCUT2D eigenvalue weighted by Crippen LogP contribution is 2.18. The summed E-state index contributed by atoms with van der Waals surface area (Å²) in [5, 5.41) is 5.05. The third-order valence-corrected chi connectivity index (χ3v) is 2.93. The molecule has 0 unspecified atom stereocenters. The number of pyridine rings is 1. The van der Waals surface area contributed by atoms with Crippen molar-refractivity contribution in [1.82, 2.24) is 10.3 Å². The summed E-state index contributed by atoms with van der Waals surface area (Å²) in [5.74, 6) is -0.401. The number of aromatic nitrogens is 1. The van der Waals surface area contributed by atoms with Gasteiger partial charge in [-0.15, -0.1) is 0 Å². The fraction of sp³-hybridized carbons (Fsp3) is 0.0833. The van der Waals surface area contributed by atoms with Crippen LogP contribution in [0.2, 0.25) is 0 Å². The maximum absolute atomic E-state index is 11.9. The summed E-state index contributed by atoms with van der Waals surface area (Å²) >= 11 is 3.12. The van der Waals surface area contributed by atoms with Crippen molar-refractivity contribution in [2.45, 2.75) is 0 Å². The normalized spacial score (nSPS) is 10.0. The number of rotatable bonds is 3. The topological polar surface area (TPSA) is 84.2 Å². The van der Waals surface area contributed by atoms with E-state index in [0.717, 1.165) is 0 Å². The van der Waals surface area contributed by atoms with Gasteiger partial charge in [0.05, 0.1) is 11.8 Å². The minimum atomic E-state index is -0.373. The number of hydrogen-bond acceptors (Lipinski definition) is 4. The number of furan rings is 1. The monoisotopic (exact) mass is 323 g/mol. The number of hydrogen-bond donors (Lipinski definition) is 2. The number of halogens is 1. The Labute approximate surface area is 117 Å². The number of amides is 2. The average molecular weight is 324 g/mol. The van der Waals surface area contributed by atoms with Crippen LogP contribution in [0, 0.1) is 0 Å². The van der Waals surface area contributed by atoms with Crippen molar-refractivity contribution < 1.29 is 14.0 Å². The molecule has 0 aromatic carbocycles. The molecule has 0 bridgehead atoms. The van der Waals surface area contributed by atoms with E-state index in [-0.39, 0.29) is 17.5 Å². The van der Waals surface area contributed by atoms with Crippen LogP contribution < -0.4 is 10.6 Å². The standard InChI is InChI=1S/C12H10BrN3O3/c1-14-12(18)8-3-2-4-9(15-8)16-11(17)7-5-6-19-10(7)13/h2-6H,1H3,(H,14,18)(H,15,16,17). The van der Waals surface area contributed by atoms with Crippen LogP contribution in [0.15, 0.2) is 39.6 Å². The Bertz CT molecular complexity index is 624. The molecule has 0 aliphatic heterocycles. The van der Waals surface area contributed by atoms with Gasteiger partial charge in [0.15, 0.2) is 4.67 Å². The van der Waals surface area contributed by atoms with Crippen molar-refractivity contribution >= 4 is 33.6 Å². The summed E-state index contributed by atoms with van der Waals surface area (Å²) in [7, 11) is 1.51. The first-order valence-electron chi connectivity index (χ1n) is 5.35. The quantitative estimate of drug-likeness (QED) is 0.905. The fourth-order valence-corrected chi connectivity index (χ4v) is 1.82. The zero-order valence-electron chi connectivity index (χ0n) is 9.94. The number of carbonyl (C=O) groups excluding carboxylic acids is 2. The van der Waals surface area contributed by atoms with Crippen molar-refractivity contribution in [3.05, 3.63) is 46.5 Å². The zero-order valence-corrected chi connectivity index (χ0v) is 11.5. The minimum absolute atomic E-state index is 0.228. The summed E-state index contributed by atoms with van der Waals surface area (Å²) < 4.78 is 5.31. The first kappa shape index (κ1) is 13.3. The van der Waals surface area contributed by atoms with Gasteiger partial charge in [-0.25, -0.2) is 4.98 Å². The molecule has 2 amide bonds. The van der Waals surface area contributed by atoms with Gasteiger partial charge in [-0.1, -0.05) is 6.07 Å². The number of nitrogens with one attached hydrogen (secondary N) is 2. The van der Waals surface area contributed by atoms with Gasteiger partial charge in [0.25, 0.3) is 11.8 Å². The average Bonchev–Trinajstić information content (AvgIpc) is 2.84. The highest BCUT2D eigenvalue weighted by atomic mass is 79.9. The van der Waals surface area contributed by atoms with Crippen molar-refractivity contribution in [2.75, 3.05) is 12.4 Å². The molecule has 0 aliphatic carbocycles. The third-order valence-electron chi connectivity index (χ3n) is 2.31. The molecule has 0 atom stereocenters. The van der Waals surface area contributed by atoms with Crippen LogP contribution in [0.4, 0.5) is 5.82 Å². The minimum Gasteiger partial charge on any atom is -0.457 e. The third kappa shape index (κ3) is 3.00. The molecule has 2 N–H and O–H groups in total. The Morgan fingerprint density at radius 3 is 2.68 bits per heavy atom. The van der Waals surface area contributed by atoms with E-state index < -0.39 is 0 Å². The lowest BCUT2D eigenvalue weighted by atomic mass is 10.3. The molecule has 0 aliphatic rings. The lowest BCUT2D eigenvalue weighted by Crippen LogP contribution is -2.20. The first-order valence-corrected chi connectivity index (χ1v) is 6.14. The van der Waals surface area contributed by atoms with E-state index in [9.17, 15) is 9.59 Å². The van der Waals surface area contributed by atoms with Crippen LogP contribution >= 0.6 is 15.9 Å². The Balaban J connectivity index is 2.18. The molecular formula is C12H10BrN3O3. The van der Waals surface area contributed by atoms with Crippen molar-refractivity contribution in [3.8, 4) is 0 Å². The SMILES string of the molecule is CNC(=O)c1cccc(NC(=O)c2ccoc2Br)n1. The van der Waals surface area contributed by atoms with Crippen molar-refractivity contribution in [2.24, 2.45) is 0 Å². The lowest BCUT2D eigenvalue weighted by Gasteiger charge is -2.05. The highest BCUT2D eigenvalue weighted by molar-refractivity contribution is 9.10. The van der Waals surface area contributed by atoms with Crippen LogP contribution in [0.3, 0.4) is 0 Å². The van der Waals surface area contributed by atoms with E-state index in [0.29, 0.717) is 16.1 Å². The molecule has 6 nitrogen and oxygen atoms in total. The number of anilines is 1. The molecular weight excluding hydrogens is 314 g/mol. The molecule has 2 aromatic rings. The van der Waals surface area contributed by atoms with E-state index in [1.54, 1.807) is 18.2 Å². The van der Waals surface area contributed by atoms with Crippen molar-refractivity contribution in [1.29, 1.82) is 0 Å². The molecule has 2 heterocycles. The van der Waals surface area contributed by atoms with E-state index in [4.69, 9.17) is 4.42 Å². The Hall–Kier alpha value is -2.15. The summed E-state index contributed by atoms with van der Waals surface area (Å²) in [4.78, 5) is 27.4. The second-order valence-electron chi connectivity index (χ2n) is 3.55. The second-order valence-corrected chi connectivity index (χ2v) is 4.27. The summed E-state index contributed by atoms with van der Waals surface area (Å²) in [6, 6.07) is 6.32. The molecule has 7 heteroatoms. The van der Waals surface area contributed by atoms with Crippen molar-refractivity contribution in [3.63, 3.8) is 0 Å². The smallest absolute Gasteiger partial charge is 0.269 e. The van der Waals surface area contributed by atoms with Gasteiger partial charge in [0.1, 0.15) is 11.5 Å². The summed E-state index contributed by atoms with van der Waals surface area (Å²) in [6.07, 6.45) is 1.40. The van der Waals surface area contributed by atoms with Gasteiger partial charge in [0, 0.05) is 7.05 Å². The molecule has 2 rings (SSSR count). The Kier molecular flexibility index (Phi) is 3.96. The Morgan fingerprint density at radius 2 is 2.05 bits per heavy atom. The van der Waals surface area contributed by atoms with Crippen LogP contribution in [0.25, 0.3) is 0 Å². The van der Waals surface area contributed by atoms with E-state index >= 15 is 0 Å². The largest absolute Gasteiger partial charge is 0.457 e. The summed E-state index contributed by atoms with van der Waals surface area (Å²) in [6.45, 7) is 0. The highest BCUT2D eigenvalue weighted by Gasteiger charge is 2.14. The van der Waals surface area contributed by atoms with Crippen LogP contribution in [0.1, 0.15) is 20.8 Å². The van der Waals surface area contributed by atoms with Crippen LogP contribution in [-0.2, 0) is 0 Å². The van der Waals surface area contributed by atoms with Gasteiger partial charge in [-0.05, 0) is 34.1 Å². The number of nitrogens with zero attached hydrogens (tertiary/aromatic N) is 1. The van der Waals surface area contributed by atoms with Gasteiger partial charge in [0.2, 0.25) is 0 Å². The molecule has 98 valence electrons. The zero-order chi connectivity index (χ0) is 13.8. The van der Waals surface area contributed by atoms with E-state index in [1.165, 1.54) is 19.4 Å². The first-order chi connectivity index (χ1) is 9.11. The van der Waals surface area contributed by atoms with Gasteiger partial charge in [-0.3, -0.25) is 9.59 Å². The van der Waals surface area contributed by atoms with Gasteiger partial charge in [-0.2, -0.15) is 0 Å². The summed E-state index contributed by atoms with van der Waals surface area (Å²) in [5.41, 5.74) is 0.582. The molecule has 0 radical (unpaired) electrons. The second kappa shape index (κ2) is 5.66. The Morgan fingerprint density at radius 1 is 1.26 bits per heavy atom. The maximum Gasteiger partial charge on any atom is 0.269 e. The molecule has 0 spiro atoms. The van der Waals surface area contributed by atoms with Crippen LogP contribution in [-0.4, -0.2) is 23.8 Å². The molecule has 0 saturated heterocycles. The molecule has 2 aromatic heterocycles. The molecule has 19 heavy (non-hydrogen) atoms. The molecule has 0 fully saturated rings. The van der Waals surface area contributed by atoms with Crippen LogP contribution in [0.5, 0.6) is 0 Å². The molecule has 0 saturated carbocycles. The fourth-order valence-electron chi connectivity index (χ4n) is 1.40. The predicted octanol–water partition coefficient (Wildman–Crippen LogP) is 2.05. The lowest BCUT2D eigenvalue weighted by molar-refractivity contribution is 0.0956. The van der Waals surface area contributed by atoms with Gasteiger partial charge >= 0.3 is 0 Å². The number of carbonyl (C=O) groups is 2. The van der Waals surface area contributed by atoms with E-state index in [1.807, 2.05) is 0 Å². The van der Waals surface area contributed by atoms with E-state index in [2.05, 4.69) is 31.5 Å².